The molecule has 0 N–H and O–H groups in total. The van der Waals surface area contributed by atoms with E-state index in [1.165, 1.54) is 25.5 Å². The first-order chi connectivity index (χ1) is 11.4. The second-order valence-electron chi connectivity index (χ2n) is 5.04. The molecule has 12 heteroatoms. The molecule has 0 saturated heterocycles. The Morgan fingerprint density at radius 3 is 2.20 bits per heavy atom. The van der Waals surface area contributed by atoms with Gasteiger partial charge in [0.05, 0.1) is 29.8 Å². The normalized spacial score (nSPS) is 12.5. The maximum absolute atomic E-state index is 12.8. The van der Waals surface area contributed by atoms with Crippen molar-refractivity contribution in [3.05, 3.63) is 35.9 Å². The van der Waals surface area contributed by atoms with E-state index in [1.807, 2.05) is 0 Å². The van der Waals surface area contributed by atoms with Crippen molar-refractivity contribution in [2.24, 2.45) is 0 Å². The average Bonchev–Trinajstić information content (AvgIpc) is 2.85. The van der Waals surface area contributed by atoms with Gasteiger partial charge in [-0.25, -0.2) is 4.68 Å². The summed E-state index contributed by atoms with van der Waals surface area (Å²) in [5.74, 6) is -0.833. The Balaban J connectivity index is 2.42. The van der Waals surface area contributed by atoms with Crippen LogP contribution in [0.15, 0.2) is 24.7 Å². The van der Waals surface area contributed by atoms with Crippen molar-refractivity contribution in [1.29, 1.82) is 0 Å². The van der Waals surface area contributed by atoms with Crippen molar-refractivity contribution in [3.8, 4) is 0 Å². The number of nitrogens with zero attached hydrogens (tertiary/aromatic N) is 5. The van der Waals surface area contributed by atoms with Gasteiger partial charge in [-0.1, -0.05) is 0 Å². The molecule has 136 valence electrons. The molecule has 0 aliphatic rings. The number of hydrogen-bond acceptors (Lipinski definition) is 4. The number of aromatic nitrogens is 4. The third-order valence-corrected chi connectivity index (χ3v) is 3.40. The van der Waals surface area contributed by atoms with Gasteiger partial charge in [0.15, 0.2) is 0 Å². The van der Waals surface area contributed by atoms with E-state index in [4.69, 9.17) is 0 Å². The highest BCUT2D eigenvalue weighted by Crippen LogP contribution is 2.43. The SMILES string of the molecule is Cc1c(C(=O)N(C)c2ccnnc2)cnn1C(C(F)(F)F)C(F)(F)F. The number of hydrogen-bond donors (Lipinski definition) is 0. The van der Waals surface area contributed by atoms with Crippen molar-refractivity contribution in [1.82, 2.24) is 20.0 Å². The minimum absolute atomic E-state index is 0.244. The summed E-state index contributed by atoms with van der Waals surface area (Å²) in [6.45, 7) is 0.962. The molecule has 0 spiro atoms. The molecule has 2 aromatic heterocycles. The highest BCUT2D eigenvalue weighted by atomic mass is 19.4. The lowest BCUT2D eigenvalue weighted by Gasteiger charge is -2.24. The van der Waals surface area contributed by atoms with Crippen LogP contribution in [0.4, 0.5) is 32.0 Å². The van der Waals surface area contributed by atoms with E-state index in [0.717, 1.165) is 11.8 Å². The van der Waals surface area contributed by atoms with E-state index < -0.39 is 35.6 Å². The zero-order valence-corrected chi connectivity index (χ0v) is 12.8. The molecule has 0 unspecified atom stereocenters. The van der Waals surface area contributed by atoms with Crippen LogP contribution in [0, 0.1) is 6.92 Å². The zero-order chi connectivity index (χ0) is 19.0. The van der Waals surface area contributed by atoms with Gasteiger partial charge in [0, 0.05) is 12.7 Å². The van der Waals surface area contributed by atoms with Crippen molar-refractivity contribution in [3.63, 3.8) is 0 Å². The van der Waals surface area contributed by atoms with Crippen molar-refractivity contribution >= 4 is 11.6 Å². The Morgan fingerprint density at radius 1 is 1.12 bits per heavy atom. The topological polar surface area (TPSA) is 63.9 Å². The lowest BCUT2D eigenvalue weighted by molar-refractivity contribution is -0.277. The fourth-order valence-electron chi connectivity index (χ4n) is 2.14. The number of anilines is 1. The fourth-order valence-corrected chi connectivity index (χ4v) is 2.14. The van der Waals surface area contributed by atoms with Gasteiger partial charge in [0.1, 0.15) is 0 Å². The molecule has 0 fully saturated rings. The van der Waals surface area contributed by atoms with E-state index in [2.05, 4.69) is 15.3 Å². The molecule has 0 radical (unpaired) electrons. The van der Waals surface area contributed by atoms with Crippen molar-refractivity contribution < 1.29 is 31.1 Å². The van der Waals surface area contributed by atoms with Gasteiger partial charge in [0.2, 0.25) is 6.04 Å². The van der Waals surface area contributed by atoms with Gasteiger partial charge in [-0.15, -0.1) is 0 Å². The van der Waals surface area contributed by atoms with Crippen LogP contribution in [-0.4, -0.2) is 45.3 Å². The highest BCUT2D eigenvalue weighted by molar-refractivity contribution is 6.06. The maximum atomic E-state index is 12.8. The van der Waals surface area contributed by atoms with Crippen molar-refractivity contribution in [2.75, 3.05) is 11.9 Å². The largest absolute Gasteiger partial charge is 0.419 e. The van der Waals surface area contributed by atoms with Crippen LogP contribution >= 0.6 is 0 Å². The second kappa shape index (κ2) is 6.33. The van der Waals surface area contributed by atoms with Crippen molar-refractivity contribution in [2.45, 2.75) is 25.3 Å². The van der Waals surface area contributed by atoms with Gasteiger partial charge in [0.25, 0.3) is 5.91 Å². The van der Waals surface area contributed by atoms with Crippen LogP contribution < -0.4 is 4.90 Å². The summed E-state index contributed by atoms with van der Waals surface area (Å²) in [6, 6.07) is -2.44. The maximum Gasteiger partial charge on any atom is 0.419 e. The van der Waals surface area contributed by atoms with Crippen LogP contribution in [0.2, 0.25) is 0 Å². The molecule has 2 aromatic rings. The monoisotopic (exact) mass is 367 g/mol. The fraction of sp³-hybridized carbons (Fsp3) is 0.385. The molecule has 25 heavy (non-hydrogen) atoms. The molecule has 0 aliphatic carbocycles. The zero-order valence-electron chi connectivity index (χ0n) is 12.8. The van der Waals surface area contributed by atoms with Crippen LogP contribution in [0.5, 0.6) is 0 Å². The summed E-state index contributed by atoms with van der Waals surface area (Å²) in [5, 5.41) is 10.2. The molecule has 2 rings (SSSR count). The molecule has 2 heterocycles. The number of alkyl halides is 6. The van der Waals surface area contributed by atoms with E-state index in [-0.39, 0.29) is 10.4 Å². The van der Waals surface area contributed by atoms with E-state index >= 15 is 0 Å². The number of rotatable bonds is 3. The highest BCUT2D eigenvalue weighted by Gasteiger charge is 2.59. The average molecular weight is 367 g/mol. The first-order valence-corrected chi connectivity index (χ1v) is 6.67. The number of carbonyl (C=O) groups excluding carboxylic acids is 1. The third-order valence-electron chi connectivity index (χ3n) is 3.40. The van der Waals surface area contributed by atoms with E-state index in [9.17, 15) is 31.1 Å². The third kappa shape index (κ3) is 3.72. The number of amides is 1. The van der Waals surface area contributed by atoms with Crippen LogP contribution in [0.25, 0.3) is 0 Å². The lowest BCUT2D eigenvalue weighted by atomic mass is 10.2. The first-order valence-electron chi connectivity index (χ1n) is 6.67. The Hall–Kier alpha value is -2.66. The molecule has 0 saturated carbocycles. The number of halogens is 6. The minimum Gasteiger partial charge on any atom is -0.310 e. The molecular weight excluding hydrogens is 356 g/mol. The molecule has 6 nitrogen and oxygen atoms in total. The summed E-state index contributed by atoms with van der Waals surface area (Å²) < 4.78 is 76.7. The number of carbonyl (C=O) groups is 1. The van der Waals surface area contributed by atoms with Gasteiger partial charge < -0.3 is 4.90 Å². The molecule has 0 bridgehead atoms. The smallest absolute Gasteiger partial charge is 0.310 e. The minimum atomic E-state index is -5.61. The molecule has 0 atom stereocenters. The predicted octanol–water partition coefficient (Wildman–Crippen LogP) is 2.92. The van der Waals surface area contributed by atoms with Gasteiger partial charge in [-0.05, 0) is 13.0 Å². The van der Waals surface area contributed by atoms with E-state index in [1.54, 1.807) is 0 Å². The molecular formula is C13H11F6N5O. The quantitative estimate of drug-likeness (QED) is 0.783. The molecule has 0 aliphatic heterocycles. The van der Waals surface area contributed by atoms with Gasteiger partial charge >= 0.3 is 12.4 Å². The summed E-state index contributed by atoms with van der Waals surface area (Å²) in [5.41, 5.74) is -0.688. The lowest BCUT2D eigenvalue weighted by Crippen LogP contribution is -2.40. The first kappa shape index (κ1) is 18.7. The van der Waals surface area contributed by atoms with Crippen LogP contribution in [0.1, 0.15) is 22.1 Å². The summed E-state index contributed by atoms with van der Waals surface area (Å²) >= 11 is 0. The van der Waals surface area contributed by atoms with Crippen LogP contribution in [-0.2, 0) is 0 Å². The van der Waals surface area contributed by atoms with E-state index in [0.29, 0.717) is 6.20 Å². The Bertz CT molecular complexity index is 741. The summed E-state index contributed by atoms with van der Waals surface area (Å²) in [6.07, 6.45) is -8.07. The van der Waals surface area contributed by atoms with Crippen LogP contribution in [0.3, 0.4) is 0 Å². The molecule has 1 amide bonds. The second-order valence-corrected chi connectivity index (χ2v) is 5.04. The standard InChI is InChI=1S/C13H11F6N5O/c1-7-9(10(25)23(2)8-3-4-20-21-5-8)6-22-24(7)11(12(14,15)16)13(17,18)19/h3-6,11H,1-2H3. The van der Waals surface area contributed by atoms with Gasteiger partial charge in [-0.2, -0.15) is 41.6 Å². The summed E-state index contributed by atoms with van der Waals surface area (Å²) in [7, 11) is 1.29. The Kier molecular flexibility index (Phi) is 4.73. The Labute approximate surface area is 137 Å². The summed E-state index contributed by atoms with van der Waals surface area (Å²) in [4.78, 5) is 13.4. The molecule has 0 aromatic carbocycles. The predicted molar refractivity (Wildman–Crippen MR) is 72.9 cm³/mol. The van der Waals surface area contributed by atoms with Gasteiger partial charge in [-0.3, -0.25) is 4.79 Å². The Morgan fingerprint density at radius 2 is 1.72 bits per heavy atom.